The van der Waals surface area contributed by atoms with Gasteiger partial charge < -0.3 is 9.80 Å². The lowest BCUT2D eigenvalue weighted by Gasteiger charge is -2.36. The van der Waals surface area contributed by atoms with Gasteiger partial charge in [-0.15, -0.1) is 0 Å². The molecule has 1 aromatic carbocycles. The fraction of sp³-hybridized carbons (Fsp3) is 0.370. The molecule has 0 aliphatic carbocycles. The molecule has 0 N–H and O–H groups in total. The first kappa shape index (κ1) is 22.8. The molecule has 1 saturated heterocycles. The number of pyridine rings is 1. The summed E-state index contributed by atoms with van der Waals surface area (Å²) in [4.78, 5) is 21.7. The number of nitrogens with zero attached hydrogens (tertiary/aromatic N) is 5. The van der Waals surface area contributed by atoms with E-state index >= 15 is 0 Å². The third-order valence-electron chi connectivity index (χ3n) is 6.26. The fourth-order valence-electron chi connectivity index (χ4n) is 4.30. The maximum atomic E-state index is 13.3. The second-order valence-corrected chi connectivity index (χ2v) is 8.93. The second kappa shape index (κ2) is 10.5. The van der Waals surface area contributed by atoms with Gasteiger partial charge in [-0.2, -0.15) is 5.10 Å². The molecule has 1 amide bonds. The first-order valence-corrected chi connectivity index (χ1v) is 11.6. The molecule has 2 aromatic heterocycles. The Hall–Kier alpha value is -3.43. The van der Waals surface area contributed by atoms with Gasteiger partial charge in [0.1, 0.15) is 0 Å². The SMILES string of the molecule is CC(C)N1CCC(CN(C)C(=O)c2ccc(-n3cccn3)c(C#Cc3cccnc3)c2)CC1. The van der Waals surface area contributed by atoms with Gasteiger partial charge in [0, 0.05) is 55.5 Å². The highest BCUT2D eigenvalue weighted by Gasteiger charge is 2.24. The summed E-state index contributed by atoms with van der Waals surface area (Å²) in [6.45, 7) is 7.49. The molecule has 6 nitrogen and oxygen atoms in total. The van der Waals surface area contributed by atoms with Crippen molar-refractivity contribution in [3.63, 3.8) is 0 Å². The van der Waals surface area contributed by atoms with E-state index in [1.54, 1.807) is 23.3 Å². The van der Waals surface area contributed by atoms with E-state index in [9.17, 15) is 4.79 Å². The molecule has 1 fully saturated rings. The monoisotopic (exact) mass is 441 g/mol. The average molecular weight is 442 g/mol. The van der Waals surface area contributed by atoms with E-state index in [2.05, 4.69) is 40.7 Å². The lowest BCUT2D eigenvalue weighted by Crippen LogP contribution is -2.42. The van der Waals surface area contributed by atoms with Crippen LogP contribution in [0.3, 0.4) is 0 Å². The number of carbonyl (C=O) groups is 1. The molecular formula is C27H31N5O. The summed E-state index contributed by atoms with van der Waals surface area (Å²) in [6, 6.07) is 11.9. The van der Waals surface area contributed by atoms with Gasteiger partial charge in [-0.3, -0.25) is 9.78 Å². The summed E-state index contributed by atoms with van der Waals surface area (Å²) in [7, 11) is 1.90. The molecule has 3 heterocycles. The van der Waals surface area contributed by atoms with Gasteiger partial charge in [-0.1, -0.05) is 11.8 Å². The molecule has 33 heavy (non-hydrogen) atoms. The van der Waals surface area contributed by atoms with Gasteiger partial charge in [0.15, 0.2) is 0 Å². The highest BCUT2D eigenvalue weighted by molar-refractivity contribution is 5.94. The normalized spacial score (nSPS) is 14.7. The molecule has 3 aromatic rings. The van der Waals surface area contributed by atoms with Crippen LogP contribution < -0.4 is 0 Å². The van der Waals surface area contributed by atoms with Crippen molar-refractivity contribution in [1.82, 2.24) is 24.6 Å². The zero-order valence-corrected chi connectivity index (χ0v) is 19.6. The number of aromatic nitrogens is 3. The number of hydrogen-bond acceptors (Lipinski definition) is 4. The van der Waals surface area contributed by atoms with Crippen LogP contribution in [-0.4, -0.2) is 63.2 Å². The summed E-state index contributed by atoms with van der Waals surface area (Å²) in [5.41, 5.74) is 3.07. The Bertz CT molecular complexity index is 1120. The molecule has 170 valence electrons. The Morgan fingerprint density at radius 2 is 1.97 bits per heavy atom. The van der Waals surface area contributed by atoms with Crippen molar-refractivity contribution in [1.29, 1.82) is 0 Å². The molecule has 0 saturated carbocycles. The maximum Gasteiger partial charge on any atom is 0.253 e. The molecule has 0 radical (unpaired) electrons. The first-order valence-electron chi connectivity index (χ1n) is 11.6. The standard InChI is InChI=1S/C27H31N5O/c1-21(2)31-16-11-23(12-17-31)20-30(3)27(33)25-9-10-26(32-15-5-14-29-32)24(18-25)8-7-22-6-4-13-28-19-22/h4-6,9-10,13-15,18-19,21,23H,11-12,16-17,20H2,1-3H3. The number of benzene rings is 1. The Balaban J connectivity index is 1.53. The van der Waals surface area contributed by atoms with Gasteiger partial charge in [0.2, 0.25) is 0 Å². The molecule has 1 aliphatic rings. The minimum atomic E-state index is 0.0257. The van der Waals surface area contributed by atoms with Crippen molar-refractivity contribution >= 4 is 5.91 Å². The molecule has 0 atom stereocenters. The van der Waals surface area contributed by atoms with Gasteiger partial charge in [-0.25, -0.2) is 4.68 Å². The highest BCUT2D eigenvalue weighted by Crippen LogP contribution is 2.21. The fourth-order valence-corrected chi connectivity index (χ4v) is 4.30. The van der Waals surface area contributed by atoms with Crippen LogP contribution in [0.25, 0.3) is 5.69 Å². The van der Waals surface area contributed by atoms with E-state index in [4.69, 9.17) is 0 Å². The van der Waals surface area contributed by atoms with Crippen LogP contribution in [0.15, 0.2) is 61.2 Å². The zero-order valence-electron chi connectivity index (χ0n) is 19.6. The average Bonchev–Trinajstić information content (AvgIpc) is 3.38. The Morgan fingerprint density at radius 3 is 2.64 bits per heavy atom. The van der Waals surface area contributed by atoms with Crippen molar-refractivity contribution in [2.24, 2.45) is 5.92 Å². The second-order valence-electron chi connectivity index (χ2n) is 8.93. The van der Waals surface area contributed by atoms with E-state index in [0.29, 0.717) is 17.5 Å². The van der Waals surface area contributed by atoms with Crippen LogP contribution >= 0.6 is 0 Å². The van der Waals surface area contributed by atoms with E-state index in [-0.39, 0.29) is 5.91 Å². The van der Waals surface area contributed by atoms with Crippen molar-refractivity contribution in [2.45, 2.75) is 32.7 Å². The summed E-state index contributed by atoms with van der Waals surface area (Å²) in [6.07, 6.45) is 9.33. The van der Waals surface area contributed by atoms with E-state index < -0.39 is 0 Å². The minimum Gasteiger partial charge on any atom is -0.341 e. The summed E-state index contributed by atoms with van der Waals surface area (Å²) < 4.78 is 1.77. The van der Waals surface area contributed by atoms with Crippen LogP contribution in [-0.2, 0) is 0 Å². The lowest BCUT2D eigenvalue weighted by atomic mass is 9.95. The number of hydrogen-bond donors (Lipinski definition) is 0. The number of piperidine rings is 1. The third-order valence-corrected chi connectivity index (χ3v) is 6.26. The Morgan fingerprint density at radius 1 is 1.15 bits per heavy atom. The van der Waals surface area contributed by atoms with Crippen LogP contribution in [0.5, 0.6) is 0 Å². The number of amides is 1. The van der Waals surface area contributed by atoms with Gasteiger partial charge >= 0.3 is 0 Å². The Labute approximate surface area is 196 Å². The summed E-state index contributed by atoms with van der Waals surface area (Å²) >= 11 is 0. The van der Waals surface area contributed by atoms with Crippen LogP contribution in [0.4, 0.5) is 0 Å². The van der Waals surface area contributed by atoms with E-state index in [1.807, 2.05) is 54.5 Å². The highest BCUT2D eigenvalue weighted by atomic mass is 16.2. The van der Waals surface area contributed by atoms with Crippen molar-refractivity contribution in [2.75, 3.05) is 26.7 Å². The van der Waals surface area contributed by atoms with Gasteiger partial charge in [0.25, 0.3) is 5.91 Å². The molecule has 1 aliphatic heterocycles. The van der Waals surface area contributed by atoms with Crippen molar-refractivity contribution in [3.05, 3.63) is 77.9 Å². The molecular weight excluding hydrogens is 410 g/mol. The predicted octanol–water partition coefficient (Wildman–Crippen LogP) is 3.86. The maximum absolute atomic E-state index is 13.3. The number of rotatable bonds is 5. The summed E-state index contributed by atoms with van der Waals surface area (Å²) in [5, 5.41) is 4.34. The molecule has 4 rings (SSSR count). The number of carbonyl (C=O) groups excluding carboxylic acids is 1. The lowest BCUT2D eigenvalue weighted by molar-refractivity contribution is 0.0726. The molecule has 0 bridgehead atoms. The largest absolute Gasteiger partial charge is 0.341 e. The third kappa shape index (κ3) is 5.68. The van der Waals surface area contributed by atoms with Crippen LogP contribution in [0, 0.1) is 17.8 Å². The smallest absolute Gasteiger partial charge is 0.253 e. The van der Waals surface area contributed by atoms with Crippen molar-refractivity contribution < 1.29 is 4.79 Å². The predicted molar refractivity (Wildman–Crippen MR) is 130 cm³/mol. The zero-order chi connectivity index (χ0) is 23.2. The number of likely N-dealkylation sites (tertiary alicyclic amines) is 1. The molecule has 0 unspecified atom stereocenters. The Kier molecular flexibility index (Phi) is 7.21. The first-order chi connectivity index (χ1) is 16.0. The van der Waals surface area contributed by atoms with Gasteiger partial charge in [0.05, 0.1) is 11.3 Å². The van der Waals surface area contributed by atoms with Crippen molar-refractivity contribution in [3.8, 4) is 17.5 Å². The molecule has 6 heteroatoms. The van der Waals surface area contributed by atoms with Crippen LogP contribution in [0.2, 0.25) is 0 Å². The van der Waals surface area contributed by atoms with E-state index in [1.165, 1.54) is 0 Å². The van der Waals surface area contributed by atoms with E-state index in [0.717, 1.165) is 49.3 Å². The topological polar surface area (TPSA) is 54.3 Å². The quantitative estimate of drug-likeness (QED) is 0.564. The van der Waals surface area contributed by atoms with Crippen LogP contribution in [0.1, 0.15) is 48.2 Å². The van der Waals surface area contributed by atoms with Gasteiger partial charge in [-0.05, 0) is 82.1 Å². The minimum absolute atomic E-state index is 0.0257. The summed E-state index contributed by atoms with van der Waals surface area (Å²) in [5.74, 6) is 6.95. The molecule has 0 spiro atoms.